The van der Waals surface area contributed by atoms with Gasteiger partial charge in [0, 0.05) is 15.6 Å². The minimum atomic E-state index is -3.67. The normalized spacial score (nSPS) is 15.6. The molecule has 1 aliphatic rings. The molecule has 0 unspecified atom stereocenters. The van der Waals surface area contributed by atoms with E-state index in [1.165, 1.54) is 18.3 Å². The molecule has 1 aliphatic heterocycles. The van der Waals surface area contributed by atoms with Crippen LogP contribution < -0.4 is 5.43 Å². The highest BCUT2D eigenvalue weighted by Gasteiger charge is 2.28. The second-order valence-corrected chi connectivity index (χ2v) is 6.97. The van der Waals surface area contributed by atoms with E-state index < -0.39 is 10.0 Å². The lowest BCUT2D eigenvalue weighted by Gasteiger charge is -2.01. The van der Waals surface area contributed by atoms with Gasteiger partial charge in [-0.1, -0.05) is 28.1 Å². The number of sulfonamides is 1. The first kappa shape index (κ1) is 14.7. The highest BCUT2D eigenvalue weighted by atomic mass is 79.9. The van der Waals surface area contributed by atoms with Crippen molar-refractivity contribution in [3.63, 3.8) is 0 Å². The van der Waals surface area contributed by atoms with Crippen LogP contribution in [0.4, 0.5) is 0 Å². The molecule has 0 spiro atoms. The fourth-order valence-corrected chi connectivity index (χ4v) is 3.53. The summed E-state index contributed by atoms with van der Waals surface area (Å²) in [5, 5.41) is 13.6. The highest BCUT2D eigenvalue weighted by molar-refractivity contribution is 9.10. The number of benzene rings is 2. The molecule has 0 amide bonds. The van der Waals surface area contributed by atoms with Gasteiger partial charge in [0.2, 0.25) is 0 Å². The second kappa shape index (κ2) is 5.54. The number of aromatic hydroxyl groups is 1. The molecule has 22 heavy (non-hydrogen) atoms. The number of nitrogens with one attached hydrogen (secondary N) is 1. The first-order chi connectivity index (χ1) is 10.5. The van der Waals surface area contributed by atoms with Crippen molar-refractivity contribution in [1.82, 2.24) is 5.43 Å². The van der Waals surface area contributed by atoms with Crippen molar-refractivity contribution in [3.05, 3.63) is 58.1 Å². The summed E-state index contributed by atoms with van der Waals surface area (Å²) >= 11 is 3.29. The maximum Gasteiger partial charge on any atom is 0.285 e. The minimum absolute atomic E-state index is 0.0649. The molecule has 0 radical (unpaired) electrons. The van der Waals surface area contributed by atoms with Crippen LogP contribution in [0.3, 0.4) is 0 Å². The molecule has 2 N–H and O–H groups in total. The number of phenolic OH excluding ortho intramolecular Hbond substituents is 1. The molecule has 6 nitrogen and oxygen atoms in total. The fraction of sp³-hybridized carbons (Fsp3) is 0. The number of hydrogen-bond acceptors (Lipinski definition) is 5. The second-order valence-electron chi connectivity index (χ2n) is 4.48. The molecular weight excluding hydrogens is 370 g/mol. The molecule has 2 aromatic rings. The maximum atomic E-state index is 11.9. The van der Waals surface area contributed by atoms with Crippen molar-refractivity contribution >= 4 is 38.0 Å². The average molecular weight is 380 g/mol. The number of hydrazone groups is 1. The van der Waals surface area contributed by atoms with E-state index in [1.807, 2.05) is 0 Å². The van der Waals surface area contributed by atoms with Gasteiger partial charge in [0.05, 0.1) is 6.21 Å². The molecule has 0 saturated heterocycles. The molecule has 0 atom stereocenters. The Kier molecular flexibility index (Phi) is 3.71. The van der Waals surface area contributed by atoms with Crippen LogP contribution in [-0.4, -0.2) is 25.6 Å². The lowest BCUT2D eigenvalue weighted by Crippen LogP contribution is -2.17. The summed E-state index contributed by atoms with van der Waals surface area (Å²) in [5.41, 5.74) is 3.56. The maximum absolute atomic E-state index is 11.9. The Morgan fingerprint density at radius 2 is 2.00 bits per heavy atom. The Morgan fingerprint density at radius 3 is 2.82 bits per heavy atom. The summed E-state index contributed by atoms with van der Waals surface area (Å²) in [7, 11) is -3.67. The number of nitrogens with zero attached hydrogens (tertiary/aromatic N) is 2. The predicted molar refractivity (Wildman–Crippen MR) is 86.7 cm³/mol. The Morgan fingerprint density at radius 1 is 1.23 bits per heavy atom. The zero-order chi connectivity index (χ0) is 15.7. The van der Waals surface area contributed by atoms with Gasteiger partial charge in [0.25, 0.3) is 10.0 Å². The van der Waals surface area contributed by atoms with Crippen molar-refractivity contribution in [2.75, 3.05) is 0 Å². The van der Waals surface area contributed by atoms with Crippen molar-refractivity contribution < 1.29 is 13.5 Å². The van der Waals surface area contributed by atoms with Crippen LogP contribution in [0.2, 0.25) is 0 Å². The van der Waals surface area contributed by atoms with Crippen LogP contribution in [-0.2, 0) is 10.0 Å². The number of phenols is 1. The molecular formula is C14H10BrN3O3S. The van der Waals surface area contributed by atoms with E-state index in [0.29, 0.717) is 11.1 Å². The van der Waals surface area contributed by atoms with Gasteiger partial charge >= 0.3 is 0 Å². The average Bonchev–Trinajstić information content (AvgIpc) is 2.75. The molecule has 1 heterocycles. The molecule has 0 aliphatic carbocycles. The quantitative estimate of drug-likeness (QED) is 0.618. The Balaban J connectivity index is 1.86. The number of amidine groups is 1. The van der Waals surface area contributed by atoms with Gasteiger partial charge in [-0.05, 0) is 30.3 Å². The van der Waals surface area contributed by atoms with Crippen LogP contribution in [0.15, 0.2) is 61.3 Å². The molecule has 0 fully saturated rings. The van der Waals surface area contributed by atoms with Crippen molar-refractivity contribution in [3.8, 4) is 5.75 Å². The van der Waals surface area contributed by atoms with Crippen LogP contribution in [0, 0.1) is 0 Å². The zero-order valence-corrected chi connectivity index (χ0v) is 13.5. The lowest BCUT2D eigenvalue weighted by molar-refractivity contribution is 0.474. The molecule has 8 heteroatoms. The fourth-order valence-electron chi connectivity index (χ4n) is 1.98. The molecule has 2 aromatic carbocycles. The van der Waals surface area contributed by atoms with Crippen molar-refractivity contribution in [2.45, 2.75) is 4.90 Å². The Labute approximate surface area is 135 Å². The molecule has 0 saturated carbocycles. The first-order valence-electron chi connectivity index (χ1n) is 6.19. The van der Waals surface area contributed by atoms with E-state index in [9.17, 15) is 13.5 Å². The lowest BCUT2D eigenvalue weighted by atomic mass is 10.2. The van der Waals surface area contributed by atoms with E-state index in [2.05, 4.69) is 30.9 Å². The summed E-state index contributed by atoms with van der Waals surface area (Å²) in [4.78, 5) is 0.151. The topological polar surface area (TPSA) is 91.1 Å². The summed E-state index contributed by atoms with van der Waals surface area (Å²) in [5.74, 6) is 0.219. The van der Waals surface area contributed by atoms with E-state index in [4.69, 9.17) is 0 Å². The van der Waals surface area contributed by atoms with Gasteiger partial charge in [-0.3, -0.25) is 5.43 Å². The molecule has 3 rings (SSSR count). The van der Waals surface area contributed by atoms with Gasteiger partial charge in [0.1, 0.15) is 10.6 Å². The summed E-state index contributed by atoms with van der Waals surface area (Å²) in [6, 6.07) is 11.4. The Bertz CT molecular complexity index is 907. The number of rotatable bonds is 2. The number of fused-ring (bicyclic) bond motifs is 1. The van der Waals surface area contributed by atoms with Crippen LogP contribution in [0.1, 0.15) is 11.1 Å². The summed E-state index contributed by atoms with van der Waals surface area (Å²) in [6.45, 7) is 0. The number of halogens is 1. The summed E-state index contributed by atoms with van der Waals surface area (Å²) in [6.07, 6.45) is 1.39. The third-order valence-corrected chi connectivity index (χ3v) is 4.82. The molecule has 112 valence electrons. The van der Waals surface area contributed by atoms with Gasteiger partial charge in [0.15, 0.2) is 5.84 Å². The van der Waals surface area contributed by atoms with Crippen LogP contribution in [0.25, 0.3) is 0 Å². The van der Waals surface area contributed by atoms with Gasteiger partial charge in [-0.25, -0.2) is 0 Å². The van der Waals surface area contributed by atoms with E-state index >= 15 is 0 Å². The van der Waals surface area contributed by atoms with Gasteiger partial charge < -0.3 is 5.11 Å². The number of hydrogen-bond donors (Lipinski definition) is 2. The van der Waals surface area contributed by atoms with Crippen molar-refractivity contribution in [1.29, 1.82) is 0 Å². The molecule has 0 bridgehead atoms. The van der Waals surface area contributed by atoms with Gasteiger partial charge in [-0.15, -0.1) is 4.40 Å². The standard InChI is InChI=1S/C14H10BrN3O3S/c15-10-5-6-12(19)9(7-10)8-16-17-14-11-3-1-2-4-13(11)22(20,21)18-14/h1-8,19H,(H,17,18)/b16-8-. The van der Waals surface area contributed by atoms with E-state index in [1.54, 1.807) is 30.3 Å². The SMILES string of the molecule is O=S1(=O)N=C(N/N=C\c2cc(Br)ccc2O)c2ccccc21. The third-order valence-electron chi connectivity index (χ3n) is 3.00. The van der Waals surface area contributed by atoms with E-state index in [-0.39, 0.29) is 16.5 Å². The Hall–Kier alpha value is -2.19. The molecule has 0 aromatic heterocycles. The van der Waals surface area contributed by atoms with Gasteiger partial charge in [-0.2, -0.15) is 13.5 Å². The summed E-state index contributed by atoms with van der Waals surface area (Å²) < 4.78 is 28.2. The predicted octanol–water partition coefficient (Wildman–Crippen LogP) is 2.23. The third kappa shape index (κ3) is 2.75. The van der Waals surface area contributed by atoms with Crippen molar-refractivity contribution in [2.24, 2.45) is 9.50 Å². The van der Waals surface area contributed by atoms with Crippen LogP contribution >= 0.6 is 15.9 Å². The largest absolute Gasteiger partial charge is 0.507 e. The van der Waals surface area contributed by atoms with Crippen LogP contribution in [0.5, 0.6) is 5.75 Å². The smallest absolute Gasteiger partial charge is 0.285 e. The highest BCUT2D eigenvalue weighted by Crippen LogP contribution is 2.25. The monoisotopic (exact) mass is 379 g/mol. The zero-order valence-electron chi connectivity index (χ0n) is 11.1. The van der Waals surface area contributed by atoms with E-state index in [0.717, 1.165) is 4.47 Å². The first-order valence-corrected chi connectivity index (χ1v) is 8.43. The minimum Gasteiger partial charge on any atom is -0.507 e.